The first-order valence-corrected chi connectivity index (χ1v) is 6.62. The summed E-state index contributed by atoms with van der Waals surface area (Å²) in [5.41, 5.74) is 4.17. The van der Waals surface area contributed by atoms with Crippen molar-refractivity contribution in [1.82, 2.24) is 5.43 Å². The van der Waals surface area contributed by atoms with Gasteiger partial charge in [-0.25, -0.2) is 0 Å². The van der Waals surface area contributed by atoms with E-state index in [2.05, 4.69) is 49.6 Å². The summed E-state index contributed by atoms with van der Waals surface area (Å²) in [6, 6.07) is 10.9. The van der Waals surface area contributed by atoms with Crippen LogP contribution < -0.4 is 11.3 Å². The van der Waals surface area contributed by atoms with E-state index in [0.717, 1.165) is 25.7 Å². The van der Waals surface area contributed by atoms with Crippen molar-refractivity contribution in [3.8, 4) is 0 Å². The molecular formula is C15H26N2O. The third-order valence-corrected chi connectivity index (χ3v) is 3.39. The summed E-state index contributed by atoms with van der Waals surface area (Å²) in [5, 5.41) is 0. The highest BCUT2D eigenvalue weighted by atomic mass is 16.5. The Hall–Kier alpha value is -0.900. The second-order valence-corrected chi connectivity index (χ2v) is 5.41. The van der Waals surface area contributed by atoms with Crippen molar-refractivity contribution in [1.29, 1.82) is 0 Å². The lowest BCUT2D eigenvalue weighted by Gasteiger charge is -2.28. The molecule has 0 aliphatic rings. The van der Waals surface area contributed by atoms with Crippen LogP contribution >= 0.6 is 0 Å². The molecule has 0 radical (unpaired) electrons. The standard InChI is InChI=1S/C15H26N2O/c1-15(2,18-3)12-14(17-16)11-7-10-13-8-5-4-6-9-13/h4-6,8-9,14,17H,7,10-12,16H2,1-3H3. The summed E-state index contributed by atoms with van der Waals surface area (Å²) >= 11 is 0. The molecule has 18 heavy (non-hydrogen) atoms. The Morgan fingerprint density at radius 1 is 1.28 bits per heavy atom. The fraction of sp³-hybridized carbons (Fsp3) is 0.600. The number of rotatable bonds is 8. The minimum Gasteiger partial charge on any atom is -0.379 e. The molecule has 0 heterocycles. The third kappa shape index (κ3) is 5.63. The molecule has 0 aromatic heterocycles. The van der Waals surface area contributed by atoms with E-state index >= 15 is 0 Å². The molecule has 0 bridgehead atoms. The van der Waals surface area contributed by atoms with Crippen molar-refractivity contribution in [3.63, 3.8) is 0 Å². The molecule has 3 N–H and O–H groups in total. The average Bonchev–Trinajstić information content (AvgIpc) is 2.38. The molecule has 1 atom stereocenters. The van der Waals surface area contributed by atoms with Crippen LogP contribution in [-0.4, -0.2) is 18.8 Å². The monoisotopic (exact) mass is 250 g/mol. The van der Waals surface area contributed by atoms with Gasteiger partial charge in [-0.2, -0.15) is 0 Å². The SMILES string of the molecule is COC(C)(C)CC(CCCc1ccccc1)NN. The number of hydrogen-bond donors (Lipinski definition) is 2. The molecule has 0 aliphatic carbocycles. The van der Waals surface area contributed by atoms with Crippen LogP contribution in [0.15, 0.2) is 30.3 Å². The number of aryl methyl sites for hydroxylation is 1. The Morgan fingerprint density at radius 3 is 2.50 bits per heavy atom. The van der Waals surface area contributed by atoms with E-state index in [1.165, 1.54) is 5.56 Å². The Kier molecular flexibility index (Phi) is 6.33. The summed E-state index contributed by atoms with van der Waals surface area (Å²) in [4.78, 5) is 0. The fourth-order valence-corrected chi connectivity index (χ4v) is 2.12. The van der Waals surface area contributed by atoms with E-state index in [0.29, 0.717) is 6.04 Å². The quantitative estimate of drug-likeness (QED) is 0.551. The topological polar surface area (TPSA) is 47.3 Å². The second-order valence-electron chi connectivity index (χ2n) is 5.41. The zero-order chi connectivity index (χ0) is 13.4. The number of methoxy groups -OCH3 is 1. The highest BCUT2D eigenvalue weighted by Gasteiger charge is 2.21. The molecule has 0 spiro atoms. The Balaban J connectivity index is 2.32. The summed E-state index contributed by atoms with van der Waals surface area (Å²) in [7, 11) is 1.75. The van der Waals surface area contributed by atoms with Gasteiger partial charge in [0.05, 0.1) is 5.60 Å². The summed E-state index contributed by atoms with van der Waals surface area (Å²) in [6.07, 6.45) is 4.23. The number of nitrogens with one attached hydrogen (secondary N) is 1. The van der Waals surface area contributed by atoms with Gasteiger partial charge in [0.15, 0.2) is 0 Å². The van der Waals surface area contributed by atoms with E-state index in [9.17, 15) is 0 Å². The van der Waals surface area contributed by atoms with Gasteiger partial charge in [-0.3, -0.25) is 11.3 Å². The van der Waals surface area contributed by atoms with Crippen molar-refractivity contribution in [3.05, 3.63) is 35.9 Å². The first-order valence-electron chi connectivity index (χ1n) is 6.62. The number of ether oxygens (including phenoxy) is 1. The maximum absolute atomic E-state index is 5.61. The maximum Gasteiger partial charge on any atom is 0.0638 e. The van der Waals surface area contributed by atoms with E-state index in [1.54, 1.807) is 7.11 Å². The van der Waals surface area contributed by atoms with Crippen LogP contribution in [0.4, 0.5) is 0 Å². The Bertz CT molecular complexity index is 325. The number of hydrazine groups is 1. The average molecular weight is 250 g/mol. The third-order valence-electron chi connectivity index (χ3n) is 3.39. The molecule has 3 nitrogen and oxygen atoms in total. The lowest BCUT2D eigenvalue weighted by atomic mass is 9.95. The minimum absolute atomic E-state index is 0.121. The van der Waals surface area contributed by atoms with E-state index in [1.807, 2.05) is 0 Å². The lowest BCUT2D eigenvalue weighted by molar-refractivity contribution is 0.00622. The van der Waals surface area contributed by atoms with Crippen molar-refractivity contribution < 1.29 is 4.74 Å². The second kappa shape index (κ2) is 7.52. The van der Waals surface area contributed by atoms with Crippen LogP contribution in [0.5, 0.6) is 0 Å². The predicted molar refractivity (Wildman–Crippen MR) is 76.2 cm³/mol. The lowest BCUT2D eigenvalue weighted by Crippen LogP contribution is -2.41. The zero-order valence-corrected chi connectivity index (χ0v) is 11.8. The van der Waals surface area contributed by atoms with E-state index in [4.69, 9.17) is 10.6 Å². The van der Waals surface area contributed by atoms with Gasteiger partial charge in [0.1, 0.15) is 0 Å². The molecular weight excluding hydrogens is 224 g/mol. The number of hydrogen-bond acceptors (Lipinski definition) is 3. The van der Waals surface area contributed by atoms with Gasteiger partial charge in [0.25, 0.3) is 0 Å². The summed E-state index contributed by atoms with van der Waals surface area (Å²) in [6.45, 7) is 4.18. The minimum atomic E-state index is -0.121. The van der Waals surface area contributed by atoms with Gasteiger partial charge in [-0.1, -0.05) is 30.3 Å². The highest BCUT2D eigenvalue weighted by molar-refractivity contribution is 5.14. The first-order chi connectivity index (χ1) is 8.57. The van der Waals surface area contributed by atoms with Crippen molar-refractivity contribution in [2.75, 3.05) is 7.11 Å². The molecule has 102 valence electrons. The van der Waals surface area contributed by atoms with Crippen molar-refractivity contribution >= 4 is 0 Å². The van der Waals surface area contributed by atoms with Crippen LogP contribution in [0.3, 0.4) is 0 Å². The fourth-order valence-electron chi connectivity index (χ4n) is 2.12. The molecule has 0 aliphatic heterocycles. The largest absolute Gasteiger partial charge is 0.379 e. The van der Waals surface area contributed by atoms with E-state index in [-0.39, 0.29) is 5.60 Å². The molecule has 1 aromatic carbocycles. The van der Waals surface area contributed by atoms with E-state index < -0.39 is 0 Å². The summed E-state index contributed by atoms with van der Waals surface area (Å²) in [5.74, 6) is 5.61. The van der Waals surface area contributed by atoms with Crippen LogP contribution in [0.2, 0.25) is 0 Å². The number of benzene rings is 1. The Morgan fingerprint density at radius 2 is 1.94 bits per heavy atom. The molecule has 0 fully saturated rings. The van der Waals surface area contributed by atoms with Gasteiger partial charge in [-0.15, -0.1) is 0 Å². The van der Waals surface area contributed by atoms with Crippen LogP contribution in [0.1, 0.15) is 38.7 Å². The van der Waals surface area contributed by atoms with Crippen molar-refractivity contribution in [2.45, 2.75) is 51.2 Å². The van der Waals surface area contributed by atoms with Gasteiger partial charge < -0.3 is 4.74 Å². The van der Waals surface area contributed by atoms with Crippen LogP contribution in [0, 0.1) is 0 Å². The van der Waals surface area contributed by atoms with Gasteiger partial charge >= 0.3 is 0 Å². The maximum atomic E-state index is 5.61. The smallest absolute Gasteiger partial charge is 0.0638 e. The molecule has 0 saturated heterocycles. The molecule has 1 aromatic rings. The Labute approximate surface area is 111 Å². The predicted octanol–water partition coefficient (Wildman–Crippen LogP) is 2.66. The number of nitrogens with two attached hydrogens (primary N) is 1. The molecule has 0 saturated carbocycles. The normalized spacial score (nSPS) is 13.6. The molecule has 0 amide bonds. The van der Waals surface area contributed by atoms with Crippen molar-refractivity contribution in [2.24, 2.45) is 5.84 Å². The van der Waals surface area contributed by atoms with Gasteiger partial charge in [0.2, 0.25) is 0 Å². The molecule has 1 unspecified atom stereocenters. The highest BCUT2D eigenvalue weighted by Crippen LogP contribution is 2.18. The zero-order valence-electron chi connectivity index (χ0n) is 11.8. The molecule has 1 rings (SSSR count). The molecule has 3 heteroatoms. The van der Waals surface area contributed by atoms with Gasteiger partial charge in [-0.05, 0) is 45.1 Å². The van der Waals surface area contributed by atoms with Crippen LogP contribution in [-0.2, 0) is 11.2 Å². The van der Waals surface area contributed by atoms with Crippen LogP contribution in [0.25, 0.3) is 0 Å². The van der Waals surface area contributed by atoms with Gasteiger partial charge in [0, 0.05) is 13.2 Å². The summed E-state index contributed by atoms with van der Waals surface area (Å²) < 4.78 is 5.44. The first kappa shape index (κ1) is 15.2.